The predicted octanol–water partition coefficient (Wildman–Crippen LogP) is 0.317. The summed E-state index contributed by atoms with van der Waals surface area (Å²) in [6.45, 7) is 3.08. The lowest BCUT2D eigenvalue weighted by molar-refractivity contribution is -0.138. The molecule has 4 N–H and O–H groups in total. The monoisotopic (exact) mass is 172 g/mol. The Hall–Kier alpha value is -1.52. The van der Waals surface area contributed by atoms with Crippen LogP contribution in [0.4, 0.5) is 0 Å². The van der Waals surface area contributed by atoms with Crippen LogP contribution in [0.2, 0.25) is 0 Å². The summed E-state index contributed by atoms with van der Waals surface area (Å²) in [5, 5.41) is 15.9. The first-order chi connectivity index (χ1) is 5.50. The molecule has 0 aliphatic carbocycles. The van der Waals surface area contributed by atoms with Crippen LogP contribution in [0.5, 0.6) is 0 Å². The van der Waals surface area contributed by atoms with Gasteiger partial charge in [-0.15, -0.1) is 0 Å². The highest BCUT2D eigenvalue weighted by Crippen LogP contribution is 2.02. The zero-order chi connectivity index (χ0) is 9.72. The summed E-state index contributed by atoms with van der Waals surface area (Å²) in [6, 6.07) is 0. The first-order valence-corrected chi connectivity index (χ1v) is 3.42. The number of carbonyl (C=O) groups excluding carboxylic acids is 1. The second-order valence-electron chi connectivity index (χ2n) is 2.09. The molecule has 0 heterocycles. The van der Waals surface area contributed by atoms with Crippen LogP contribution < -0.4 is 5.73 Å². The van der Waals surface area contributed by atoms with Crippen molar-refractivity contribution in [2.24, 2.45) is 5.73 Å². The van der Waals surface area contributed by atoms with E-state index < -0.39 is 11.8 Å². The number of amidine groups is 1. The molecular weight excluding hydrogens is 160 g/mol. The van der Waals surface area contributed by atoms with E-state index in [1.54, 1.807) is 6.92 Å². The third-order valence-electron chi connectivity index (χ3n) is 1.11. The van der Waals surface area contributed by atoms with E-state index in [-0.39, 0.29) is 17.9 Å². The minimum Gasteiger partial charge on any atom is -0.512 e. The molecule has 12 heavy (non-hydrogen) atoms. The summed E-state index contributed by atoms with van der Waals surface area (Å²) in [7, 11) is 0. The molecule has 0 spiro atoms. The fourth-order valence-electron chi connectivity index (χ4n) is 0.656. The van der Waals surface area contributed by atoms with Gasteiger partial charge in [-0.2, -0.15) is 0 Å². The van der Waals surface area contributed by atoms with Crippen molar-refractivity contribution in [1.29, 1.82) is 5.41 Å². The molecule has 0 fully saturated rings. The molecule has 0 saturated carbocycles. The van der Waals surface area contributed by atoms with E-state index in [2.05, 4.69) is 4.74 Å². The van der Waals surface area contributed by atoms with Gasteiger partial charge in [0, 0.05) is 0 Å². The summed E-state index contributed by atoms with van der Waals surface area (Å²) in [6.07, 6.45) is 0. The largest absolute Gasteiger partial charge is 0.512 e. The van der Waals surface area contributed by atoms with E-state index in [0.29, 0.717) is 0 Å². The normalized spacial score (nSPS) is 11.8. The number of hydrogen-bond donors (Lipinski definition) is 3. The Kier molecular flexibility index (Phi) is 3.82. The van der Waals surface area contributed by atoms with Crippen LogP contribution in [-0.2, 0) is 9.53 Å². The standard InChI is InChI=1S/C7H12N2O3/c1-3-12-7(11)5(4(2)10)6(8)9/h10H,3H2,1-2H3,(H3,8,9)/b5-4+. The summed E-state index contributed by atoms with van der Waals surface area (Å²) in [4.78, 5) is 11.0. The SMILES string of the molecule is CCOC(=O)/C(C(=N)N)=C(\C)O. The van der Waals surface area contributed by atoms with Gasteiger partial charge < -0.3 is 15.6 Å². The molecule has 68 valence electrons. The van der Waals surface area contributed by atoms with Crippen LogP contribution in [0.1, 0.15) is 13.8 Å². The topological polar surface area (TPSA) is 96.4 Å². The molecule has 0 aliphatic heterocycles. The lowest BCUT2D eigenvalue weighted by Crippen LogP contribution is -2.23. The Labute approximate surface area is 70.3 Å². The van der Waals surface area contributed by atoms with Crippen molar-refractivity contribution >= 4 is 11.8 Å². The number of aliphatic hydroxyl groups is 1. The first-order valence-electron chi connectivity index (χ1n) is 3.42. The van der Waals surface area contributed by atoms with Gasteiger partial charge in [-0.1, -0.05) is 0 Å². The fraction of sp³-hybridized carbons (Fsp3) is 0.429. The van der Waals surface area contributed by atoms with Crippen molar-refractivity contribution in [2.45, 2.75) is 13.8 Å². The summed E-state index contributed by atoms with van der Waals surface area (Å²) in [5.41, 5.74) is 4.75. The number of ether oxygens (including phenoxy) is 1. The smallest absolute Gasteiger partial charge is 0.345 e. The van der Waals surface area contributed by atoms with Crippen molar-refractivity contribution in [3.8, 4) is 0 Å². The Balaban J connectivity index is 4.67. The lowest BCUT2D eigenvalue weighted by Gasteiger charge is -2.05. The number of hydrogen-bond acceptors (Lipinski definition) is 4. The quantitative estimate of drug-likeness (QED) is 0.188. The number of esters is 1. The van der Waals surface area contributed by atoms with E-state index in [4.69, 9.17) is 16.2 Å². The molecular formula is C7H12N2O3. The van der Waals surface area contributed by atoms with Crippen molar-refractivity contribution in [1.82, 2.24) is 0 Å². The molecule has 0 aliphatic rings. The minimum atomic E-state index is -0.773. The third-order valence-corrected chi connectivity index (χ3v) is 1.11. The highest BCUT2D eigenvalue weighted by molar-refractivity contribution is 6.17. The molecule has 5 nitrogen and oxygen atoms in total. The molecule has 0 aromatic heterocycles. The van der Waals surface area contributed by atoms with Crippen molar-refractivity contribution < 1.29 is 14.6 Å². The molecule has 0 saturated heterocycles. The molecule has 0 aromatic rings. The third kappa shape index (κ3) is 2.61. The lowest BCUT2D eigenvalue weighted by atomic mass is 10.2. The highest BCUT2D eigenvalue weighted by Gasteiger charge is 2.16. The maximum atomic E-state index is 11.0. The molecule has 0 atom stereocenters. The van der Waals surface area contributed by atoms with Crippen LogP contribution in [0.15, 0.2) is 11.3 Å². The highest BCUT2D eigenvalue weighted by atomic mass is 16.5. The molecule has 0 rings (SSSR count). The van der Waals surface area contributed by atoms with Crippen LogP contribution in [-0.4, -0.2) is 23.5 Å². The number of aliphatic hydroxyl groups excluding tert-OH is 1. The molecule has 0 unspecified atom stereocenters. The van der Waals surface area contributed by atoms with Gasteiger partial charge in [-0.25, -0.2) is 4.79 Å². The van der Waals surface area contributed by atoms with E-state index in [9.17, 15) is 4.79 Å². The van der Waals surface area contributed by atoms with Gasteiger partial charge in [0.05, 0.1) is 6.61 Å². The molecule has 5 heteroatoms. The van der Waals surface area contributed by atoms with E-state index in [1.807, 2.05) is 0 Å². The van der Waals surface area contributed by atoms with Crippen molar-refractivity contribution in [3.05, 3.63) is 11.3 Å². The van der Waals surface area contributed by atoms with Gasteiger partial charge in [0.25, 0.3) is 0 Å². The summed E-state index contributed by atoms with van der Waals surface area (Å²) >= 11 is 0. The van der Waals surface area contributed by atoms with E-state index in [1.165, 1.54) is 6.92 Å². The fourth-order valence-corrected chi connectivity index (χ4v) is 0.656. The van der Waals surface area contributed by atoms with E-state index in [0.717, 1.165) is 0 Å². The zero-order valence-corrected chi connectivity index (χ0v) is 7.05. The van der Waals surface area contributed by atoms with Crippen LogP contribution in [0.25, 0.3) is 0 Å². The van der Waals surface area contributed by atoms with Crippen molar-refractivity contribution in [2.75, 3.05) is 6.61 Å². The Bertz CT molecular complexity index is 229. The van der Waals surface area contributed by atoms with E-state index >= 15 is 0 Å². The summed E-state index contributed by atoms with van der Waals surface area (Å²) in [5.74, 6) is -1.57. The molecule has 0 aromatic carbocycles. The molecule has 0 amide bonds. The number of nitrogens with two attached hydrogens (primary N) is 1. The Morgan fingerprint density at radius 3 is 2.42 bits per heavy atom. The van der Waals surface area contributed by atoms with Crippen molar-refractivity contribution in [3.63, 3.8) is 0 Å². The number of rotatable bonds is 3. The average Bonchev–Trinajstić information content (AvgIpc) is 1.85. The number of allylic oxidation sites excluding steroid dienone is 1. The van der Waals surface area contributed by atoms with Gasteiger partial charge in [-0.3, -0.25) is 5.41 Å². The number of carbonyl (C=O) groups is 1. The zero-order valence-electron chi connectivity index (χ0n) is 7.05. The van der Waals surface area contributed by atoms with Gasteiger partial charge >= 0.3 is 5.97 Å². The van der Waals surface area contributed by atoms with Gasteiger partial charge in [-0.05, 0) is 13.8 Å². The maximum Gasteiger partial charge on any atom is 0.345 e. The average molecular weight is 172 g/mol. The predicted molar refractivity (Wildman–Crippen MR) is 43.9 cm³/mol. The van der Waals surface area contributed by atoms with Crippen LogP contribution in [0.3, 0.4) is 0 Å². The van der Waals surface area contributed by atoms with Gasteiger partial charge in [0.15, 0.2) is 0 Å². The molecule has 0 radical (unpaired) electrons. The second kappa shape index (κ2) is 4.38. The Morgan fingerprint density at radius 2 is 2.17 bits per heavy atom. The van der Waals surface area contributed by atoms with Crippen LogP contribution >= 0.6 is 0 Å². The second-order valence-corrected chi connectivity index (χ2v) is 2.09. The first kappa shape index (κ1) is 10.5. The van der Waals surface area contributed by atoms with Crippen LogP contribution in [0, 0.1) is 5.41 Å². The van der Waals surface area contributed by atoms with Gasteiger partial charge in [0.1, 0.15) is 17.2 Å². The number of nitrogens with one attached hydrogen (secondary N) is 1. The van der Waals surface area contributed by atoms with Gasteiger partial charge in [0.2, 0.25) is 0 Å². The Morgan fingerprint density at radius 1 is 1.67 bits per heavy atom. The minimum absolute atomic E-state index is 0.183. The maximum absolute atomic E-state index is 11.0. The molecule has 0 bridgehead atoms. The summed E-state index contributed by atoms with van der Waals surface area (Å²) < 4.78 is 4.55.